The van der Waals surface area contributed by atoms with E-state index in [0.717, 1.165) is 32.8 Å². The van der Waals surface area contributed by atoms with Gasteiger partial charge in [0.2, 0.25) is 0 Å². The van der Waals surface area contributed by atoms with Gasteiger partial charge in [0.25, 0.3) is 0 Å². The highest BCUT2D eigenvalue weighted by atomic mass is 16.5. The lowest BCUT2D eigenvalue weighted by atomic mass is 10.1. The highest BCUT2D eigenvalue weighted by Crippen LogP contribution is 1.99. The fraction of sp³-hybridized carbons (Fsp3) is 0.909. The number of aliphatic hydroxyl groups excluding tert-OH is 1. The molecule has 1 saturated heterocycles. The number of nitrogens with one attached hydrogen (secondary N) is 1. The first-order valence-corrected chi connectivity index (χ1v) is 6.28. The minimum atomic E-state index is -0.897. The largest absolute Gasteiger partial charge is 0.481 e. The maximum atomic E-state index is 10.4. The zero-order valence-corrected chi connectivity index (χ0v) is 10.5. The molecule has 7 nitrogen and oxygen atoms in total. The Hall–Kier alpha value is -0.730. The molecular weight excluding hydrogens is 238 g/mol. The molecule has 0 saturated carbocycles. The summed E-state index contributed by atoms with van der Waals surface area (Å²) >= 11 is 0. The van der Waals surface area contributed by atoms with E-state index >= 15 is 0 Å². The molecule has 106 valence electrons. The Morgan fingerprint density at radius 2 is 2.11 bits per heavy atom. The van der Waals surface area contributed by atoms with Crippen LogP contribution in [0.2, 0.25) is 0 Å². The van der Waals surface area contributed by atoms with Crippen LogP contribution in [-0.4, -0.2) is 72.7 Å². The first kappa shape index (κ1) is 15.3. The SMILES string of the molecule is N[C@@H](CCC(=O)O)C(O)NCCN1CCOCC1. The normalized spacial score (nSPS) is 20.6. The average molecular weight is 261 g/mol. The van der Waals surface area contributed by atoms with Gasteiger partial charge in [0.15, 0.2) is 0 Å². The molecule has 1 heterocycles. The van der Waals surface area contributed by atoms with Crippen molar-refractivity contribution in [2.75, 3.05) is 39.4 Å². The number of carboxylic acid groups (broad SMARTS) is 1. The Balaban J connectivity index is 2.07. The lowest BCUT2D eigenvalue weighted by Crippen LogP contribution is -2.48. The Labute approximate surface area is 107 Å². The van der Waals surface area contributed by atoms with E-state index in [1.165, 1.54) is 0 Å². The fourth-order valence-electron chi connectivity index (χ4n) is 1.79. The van der Waals surface area contributed by atoms with Crippen LogP contribution < -0.4 is 11.1 Å². The van der Waals surface area contributed by atoms with E-state index in [0.29, 0.717) is 6.54 Å². The molecule has 1 unspecified atom stereocenters. The smallest absolute Gasteiger partial charge is 0.303 e. The zero-order chi connectivity index (χ0) is 13.4. The number of rotatable bonds is 8. The number of carboxylic acids is 1. The summed E-state index contributed by atoms with van der Waals surface area (Å²) in [6, 6.07) is -0.550. The summed E-state index contributed by atoms with van der Waals surface area (Å²) in [5.74, 6) is -0.897. The first-order valence-electron chi connectivity index (χ1n) is 6.28. The Bertz CT molecular complexity index is 246. The van der Waals surface area contributed by atoms with Crippen molar-refractivity contribution in [3.8, 4) is 0 Å². The van der Waals surface area contributed by atoms with Crippen LogP contribution in [0.15, 0.2) is 0 Å². The van der Waals surface area contributed by atoms with E-state index in [1.54, 1.807) is 0 Å². The third-order valence-electron chi connectivity index (χ3n) is 2.98. The van der Waals surface area contributed by atoms with E-state index in [1.807, 2.05) is 0 Å². The van der Waals surface area contributed by atoms with Crippen LogP contribution >= 0.6 is 0 Å². The topological polar surface area (TPSA) is 108 Å². The third kappa shape index (κ3) is 6.27. The van der Waals surface area contributed by atoms with Crippen LogP contribution in [0.3, 0.4) is 0 Å². The molecule has 0 amide bonds. The molecule has 1 aliphatic heterocycles. The second-order valence-corrected chi connectivity index (χ2v) is 4.45. The first-order chi connectivity index (χ1) is 8.59. The van der Waals surface area contributed by atoms with Gasteiger partial charge in [-0.05, 0) is 6.42 Å². The minimum absolute atomic E-state index is 0.0244. The minimum Gasteiger partial charge on any atom is -0.481 e. The Morgan fingerprint density at radius 3 is 2.72 bits per heavy atom. The van der Waals surface area contributed by atoms with Gasteiger partial charge in [-0.1, -0.05) is 0 Å². The van der Waals surface area contributed by atoms with Crippen molar-refractivity contribution in [2.24, 2.45) is 5.73 Å². The summed E-state index contributed by atoms with van der Waals surface area (Å²) in [6.07, 6.45) is -0.616. The van der Waals surface area contributed by atoms with E-state index in [9.17, 15) is 9.90 Å². The molecule has 2 atom stereocenters. The highest BCUT2D eigenvalue weighted by molar-refractivity contribution is 5.66. The maximum absolute atomic E-state index is 10.4. The van der Waals surface area contributed by atoms with Crippen LogP contribution in [0.25, 0.3) is 0 Å². The molecule has 18 heavy (non-hydrogen) atoms. The second-order valence-electron chi connectivity index (χ2n) is 4.45. The highest BCUT2D eigenvalue weighted by Gasteiger charge is 2.16. The number of hydrogen-bond donors (Lipinski definition) is 4. The molecular formula is C11H23N3O4. The van der Waals surface area contributed by atoms with Crippen molar-refractivity contribution in [3.05, 3.63) is 0 Å². The summed E-state index contributed by atoms with van der Waals surface area (Å²) in [5.41, 5.74) is 5.68. The summed E-state index contributed by atoms with van der Waals surface area (Å²) in [6.45, 7) is 4.76. The number of aliphatic hydroxyl groups is 1. The predicted molar refractivity (Wildman–Crippen MR) is 66.1 cm³/mol. The lowest BCUT2D eigenvalue weighted by molar-refractivity contribution is -0.137. The van der Waals surface area contributed by atoms with Gasteiger partial charge in [0.1, 0.15) is 6.23 Å². The molecule has 0 aromatic heterocycles. The van der Waals surface area contributed by atoms with Gasteiger partial charge >= 0.3 is 5.97 Å². The van der Waals surface area contributed by atoms with E-state index < -0.39 is 18.2 Å². The molecule has 0 spiro atoms. The van der Waals surface area contributed by atoms with Crippen molar-refractivity contribution in [1.29, 1.82) is 0 Å². The maximum Gasteiger partial charge on any atom is 0.303 e. The molecule has 0 aliphatic carbocycles. The quantitative estimate of drug-likeness (QED) is 0.390. The summed E-state index contributed by atoms with van der Waals surface area (Å²) in [7, 11) is 0. The third-order valence-corrected chi connectivity index (χ3v) is 2.98. The molecule has 7 heteroatoms. The van der Waals surface area contributed by atoms with Crippen LogP contribution in [0, 0.1) is 0 Å². The molecule has 0 radical (unpaired) electrons. The average Bonchev–Trinajstić information content (AvgIpc) is 2.37. The van der Waals surface area contributed by atoms with Gasteiger partial charge in [0.05, 0.1) is 13.2 Å². The van der Waals surface area contributed by atoms with Gasteiger partial charge in [-0.15, -0.1) is 0 Å². The van der Waals surface area contributed by atoms with Crippen molar-refractivity contribution in [1.82, 2.24) is 10.2 Å². The van der Waals surface area contributed by atoms with Crippen molar-refractivity contribution in [2.45, 2.75) is 25.1 Å². The van der Waals surface area contributed by atoms with Crippen LogP contribution in [0.1, 0.15) is 12.8 Å². The van der Waals surface area contributed by atoms with Crippen molar-refractivity contribution in [3.63, 3.8) is 0 Å². The van der Waals surface area contributed by atoms with E-state index in [4.69, 9.17) is 15.6 Å². The lowest BCUT2D eigenvalue weighted by Gasteiger charge is -2.27. The van der Waals surface area contributed by atoms with Gasteiger partial charge in [-0.2, -0.15) is 0 Å². The number of morpholine rings is 1. The van der Waals surface area contributed by atoms with Crippen LogP contribution in [0.4, 0.5) is 0 Å². The number of ether oxygens (including phenoxy) is 1. The van der Waals surface area contributed by atoms with Crippen molar-refractivity contribution >= 4 is 5.97 Å². The van der Waals surface area contributed by atoms with Gasteiger partial charge in [-0.25, -0.2) is 0 Å². The number of hydrogen-bond acceptors (Lipinski definition) is 6. The Morgan fingerprint density at radius 1 is 1.44 bits per heavy atom. The monoisotopic (exact) mass is 261 g/mol. The van der Waals surface area contributed by atoms with Crippen molar-refractivity contribution < 1.29 is 19.7 Å². The molecule has 0 aromatic carbocycles. The van der Waals surface area contributed by atoms with E-state index in [2.05, 4.69) is 10.2 Å². The molecule has 5 N–H and O–H groups in total. The summed E-state index contributed by atoms with van der Waals surface area (Å²) < 4.78 is 5.23. The molecule has 0 aromatic rings. The van der Waals surface area contributed by atoms with Gasteiger partial charge in [-0.3, -0.25) is 15.0 Å². The van der Waals surface area contributed by atoms with Gasteiger partial charge < -0.3 is 20.7 Å². The standard InChI is InChI=1S/C11H23N3O4/c12-9(1-2-10(15)16)11(17)13-3-4-14-5-7-18-8-6-14/h9,11,13,17H,1-8,12H2,(H,15,16)/t9-,11?/m0/s1. The number of nitrogens with zero attached hydrogens (tertiary/aromatic N) is 1. The zero-order valence-electron chi connectivity index (χ0n) is 10.5. The number of carbonyl (C=O) groups is 1. The molecule has 1 aliphatic rings. The predicted octanol–water partition coefficient (Wildman–Crippen LogP) is -1.58. The number of nitrogens with two attached hydrogens (primary N) is 1. The Kier molecular flexibility index (Phi) is 7.14. The summed E-state index contributed by atoms with van der Waals surface area (Å²) in [5, 5.41) is 21.1. The second kappa shape index (κ2) is 8.39. The van der Waals surface area contributed by atoms with Gasteiger partial charge in [0, 0.05) is 38.6 Å². The molecule has 0 bridgehead atoms. The molecule has 1 rings (SSSR count). The van der Waals surface area contributed by atoms with Crippen LogP contribution in [0.5, 0.6) is 0 Å². The fourth-order valence-corrected chi connectivity index (χ4v) is 1.79. The number of aliphatic carboxylic acids is 1. The van der Waals surface area contributed by atoms with E-state index in [-0.39, 0.29) is 12.8 Å². The summed E-state index contributed by atoms with van der Waals surface area (Å²) in [4.78, 5) is 12.6. The molecule has 1 fully saturated rings. The van der Waals surface area contributed by atoms with Crippen LogP contribution in [-0.2, 0) is 9.53 Å².